The van der Waals surface area contributed by atoms with Crippen LogP contribution in [-0.4, -0.2) is 23.1 Å². The molecule has 2 heterocycles. The van der Waals surface area contributed by atoms with Gasteiger partial charge in [-0.05, 0) is 43.5 Å². The molecule has 1 fully saturated rings. The first-order valence-corrected chi connectivity index (χ1v) is 7.64. The highest BCUT2D eigenvalue weighted by Crippen LogP contribution is 2.20. The Balaban J connectivity index is 1.51. The molecule has 0 aliphatic carbocycles. The Morgan fingerprint density at radius 1 is 1.05 bits per heavy atom. The predicted octanol–water partition coefficient (Wildman–Crippen LogP) is 2.68. The van der Waals surface area contributed by atoms with Crippen LogP contribution in [0.3, 0.4) is 0 Å². The van der Waals surface area contributed by atoms with Crippen LogP contribution < -0.4 is 10.2 Å². The first-order valence-electron chi connectivity index (χ1n) is 7.64. The van der Waals surface area contributed by atoms with Gasteiger partial charge in [0.1, 0.15) is 5.82 Å². The average molecular weight is 282 g/mol. The predicted molar refractivity (Wildman–Crippen MR) is 85.2 cm³/mol. The molecule has 110 valence electrons. The minimum absolute atomic E-state index is 0.775. The monoisotopic (exact) mass is 282 g/mol. The van der Waals surface area contributed by atoms with Gasteiger partial charge < -0.3 is 10.2 Å². The topological polar surface area (TPSA) is 41.1 Å². The summed E-state index contributed by atoms with van der Waals surface area (Å²) in [5.41, 5.74) is 3.70. The maximum Gasteiger partial charge on any atom is 0.125 e. The summed E-state index contributed by atoms with van der Waals surface area (Å²) in [6.45, 7) is 5.95. The second-order valence-corrected chi connectivity index (χ2v) is 5.56. The van der Waals surface area contributed by atoms with E-state index in [9.17, 15) is 0 Å². The zero-order valence-electron chi connectivity index (χ0n) is 12.5. The molecule has 1 saturated heterocycles. The van der Waals surface area contributed by atoms with Crippen molar-refractivity contribution in [2.24, 2.45) is 0 Å². The van der Waals surface area contributed by atoms with Crippen molar-refractivity contribution in [1.29, 1.82) is 0 Å². The molecule has 1 aromatic heterocycles. The fraction of sp³-hybridized carbons (Fsp3) is 0.412. The molecule has 4 heteroatoms. The molecule has 0 radical (unpaired) electrons. The standard InChI is InChI=1S/C17H22N4/c1-14-19-9-8-16(20-14)13-18-12-15-4-6-17(7-5-15)21-10-2-3-11-21/h4-9,18H,2-3,10-13H2,1H3. The molecule has 3 rings (SSSR count). The number of aromatic nitrogens is 2. The van der Waals surface area contributed by atoms with E-state index in [1.54, 1.807) is 0 Å². The Morgan fingerprint density at radius 2 is 1.81 bits per heavy atom. The Kier molecular flexibility index (Phi) is 4.46. The van der Waals surface area contributed by atoms with Crippen LogP contribution in [0.5, 0.6) is 0 Å². The summed E-state index contributed by atoms with van der Waals surface area (Å²) in [6, 6.07) is 10.8. The number of benzene rings is 1. The summed E-state index contributed by atoms with van der Waals surface area (Å²) in [7, 11) is 0. The molecule has 4 nitrogen and oxygen atoms in total. The second kappa shape index (κ2) is 6.68. The largest absolute Gasteiger partial charge is 0.372 e. The lowest BCUT2D eigenvalue weighted by Gasteiger charge is -2.17. The minimum Gasteiger partial charge on any atom is -0.372 e. The first-order chi connectivity index (χ1) is 10.3. The van der Waals surface area contributed by atoms with Crippen LogP contribution in [0.1, 0.15) is 29.9 Å². The molecule has 0 bridgehead atoms. The Hall–Kier alpha value is -1.94. The number of aryl methyl sites for hydroxylation is 1. The zero-order valence-corrected chi connectivity index (χ0v) is 12.5. The van der Waals surface area contributed by atoms with Crippen molar-refractivity contribution in [1.82, 2.24) is 15.3 Å². The number of nitrogens with zero attached hydrogens (tertiary/aromatic N) is 3. The lowest BCUT2D eigenvalue weighted by atomic mass is 10.2. The van der Waals surface area contributed by atoms with Gasteiger partial charge in [0.2, 0.25) is 0 Å². The van der Waals surface area contributed by atoms with E-state index < -0.39 is 0 Å². The molecule has 0 amide bonds. The lowest BCUT2D eigenvalue weighted by molar-refractivity contribution is 0.675. The molecule has 1 N–H and O–H groups in total. The van der Waals surface area contributed by atoms with Crippen molar-refractivity contribution in [2.45, 2.75) is 32.9 Å². The van der Waals surface area contributed by atoms with Gasteiger partial charge >= 0.3 is 0 Å². The van der Waals surface area contributed by atoms with Crippen LogP contribution in [0.4, 0.5) is 5.69 Å². The molecule has 0 spiro atoms. The van der Waals surface area contributed by atoms with E-state index in [0.717, 1.165) is 24.6 Å². The van der Waals surface area contributed by atoms with Crippen molar-refractivity contribution >= 4 is 5.69 Å². The number of rotatable bonds is 5. The van der Waals surface area contributed by atoms with E-state index in [2.05, 4.69) is 44.5 Å². The molecule has 21 heavy (non-hydrogen) atoms. The van der Waals surface area contributed by atoms with Crippen LogP contribution in [0.2, 0.25) is 0 Å². The fourth-order valence-electron chi connectivity index (χ4n) is 2.74. The maximum absolute atomic E-state index is 4.39. The van der Waals surface area contributed by atoms with E-state index in [1.807, 2.05) is 19.2 Å². The Morgan fingerprint density at radius 3 is 2.52 bits per heavy atom. The molecule has 1 aliphatic heterocycles. The summed E-state index contributed by atoms with van der Waals surface area (Å²) in [5, 5.41) is 3.43. The van der Waals surface area contributed by atoms with Crippen molar-refractivity contribution in [2.75, 3.05) is 18.0 Å². The van der Waals surface area contributed by atoms with Crippen LogP contribution >= 0.6 is 0 Å². The second-order valence-electron chi connectivity index (χ2n) is 5.56. The Bertz CT molecular complexity index is 574. The number of hydrogen-bond donors (Lipinski definition) is 1. The van der Waals surface area contributed by atoms with Crippen LogP contribution in [0.25, 0.3) is 0 Å². The molecule has 1 aliphatic rings. The third-order valence-electron chi connectivity index (χ3n) is 3.88. The highest BCUT2D eigenvalue weighted by Gasteiger charge is 2.11. The Labute approximate surface area is 126 Å². The van der Waals surface area contributed by atoms with Gasteiger partial charge in [-0.2, -0.15) is 0 Å². The number of hydrogen-bond acceptors (Lipinski definition) is 4. The van der Waals surface area contributed by atoms with E-state index in [0.29, 0.717) is 0 Å². The van der Waals surface area contributed by atoms with Gasteiger partial charge in [-0.1, -0.05) is 12.1 Å². The summed E-state index contributed by atoms with van der Waals surface area (Å²) < 4.78 is 0. The molecule has 0 unspecified atom stereocenters. The summed E-state index contributed by atoms with van der Waals surface area (Å²) >= 11 is 0. The van der Waals surface area contributed by atoms with Gasteiger partial charge in [0.05, 0.1) is 5.69 Å². The molecular formula is C17H22N4. The maximum atomic E-state index is 4.39. The van der Waals surface area contributed by atoms with E-state index >= 15 is 0 Å². The van der Waals surface area contributed by atoms with E-state index in [4.69, 9.17) is 0 Å². The van der Waals surface area contributed by atoms with Crippen molar-refractivity contribution < 1.29 is 0 Å². The number of nitrogens with one attached hydrogen (secondary N) is 1. The summed E-state index contributed by atoms with van der Waals surface area (Å²) in [6.07, 6.45) is 4.45. The van der Waals surface area contributed by atoms with Gasteiger partial charge in [0, 0.05) is 38.1 Å². The molecule has 2 aromatic rings. The highest BCUT2D eigenvalue weighted by atomic mass is 15.1. The molecular weight excluding hydrogens is 260 g/mol. The van der Waals surface area contributed by atoms with Crippen molar-refractivity contribution in [3.63, 3.8) is 0 Å². The van der Waals surface area contributed by atoms with Crippen molar-refractivity contribution in [3.05, 3.63) is 53.6 Å². The quantitative estimate of drug-likeness (QED) is 0.915. The van der Waals surface area contributed by atoms with Crippen molar-refractivity contribution in [3.8, 4) is 0 Å². The summed E-state index contributed by atoms with van der Waals surface area (Å²) in [5.74, 6) is 0.823. The molecule has 0 atom stereocenters. The zero-order chi connectivity index (χ0) is 14.5. The van der Waals surface area contributed by atoms with Gasteiger partial charge in [0.25, 0.3) is 0 Å². The van der Waals surface area contributed by atoms with E-state index in [1.165, 1.54) is 37.2 Å². The highest BCUT2D eigenvalue weighted by molar-refractivity contribution is 5.48. The van der Waals surface area contributed by atoms with Crippen LogP contribution in [-0.2, 0) is 13.1 Å². The normalized spacial score (nSPS) is 14.6. The first kappa shape index (κ1) is 14.0. The SMILES string of the molecule is Cc1nccc(CNCc2ccc(N3CCCC3)cc2)n1. The van der Waals surface area contributed by atoms with Crippen LogP contribution in [0.15, 0.2) is 36.5 Å². The summed E-state index contributed by atoms with van der Waals surface area (Å²) in [4.78, 5) is 11.0. The van der Waals surface area contributed by atoms with Gasteiger partial charge in [-0.3, -0.25) is 0 Å². The average Bonchev–Trinajstić information content (AvgIpc) is 3.02. The molecule has 1 aromatic carbocycles. The van der Waals surface area contributed by atoms with Crippen LogP contribution in [0, 0.1) is 6.92 Å². The minimum atomic E-state index is 0.775. The lowest BCUT2D eigenvalue weighted by Crippen LogP contribution is -2.18. The van der Waals surface area contributed by atoms with Gasteiger partial charge in [0.15, 0.2) is 0 Å². The smallest absolute Gasteiger partial charge is 0.125 e. The van der Waals surface area contributed by atoms with E-state index in [-0.39, 0.29) is 0 Å². The third-order valence-corrected chi connectivity index (χ3v) is 3.88. The van der Waals surface area contributed by atoms with Gasteiger partial charge in [-0.15, -0.1) is 0 Å². The third kappa shape index (κ3) is 3.79. The van der Waals surface area contributed by atoms with Gasteiger partial charge in [-0.25, -0.2) is 9.97 Å². The fourth-order valence-corrected chi connectivity index (χ4v) is 2.74. The number of anilines is 1. The molecule has 0 saturated carbocycles.